The summed E-state index contributed by atoms with van der Waals surface area (Å²) < 4.78 is 69.1. The highest BCUT2D eigenvalue weighted by atomic mass is 32.1. The molecule has 4 rings (SSSR count). The van der Waals surface area contributed by atoms with E-state index in [1.807, 2.05) is 0 Å². The number of anilines is 1. The number of amides is 1. The molecule has 0 bridgehead atoms. The Morgan fingerprint density at radius 3 is 2.51 bits per heavy atom. The van der Waals surface area contributed by atoms with E-state index in [1.54, 1.807) is 0 Å². The molecule has 14 heteroatoms. The number of hydrogen-bond acceptors (Lipinski definition) is 6. The van der Waals surface area contributed by atoms with Crippen LogP contribution >= 0.6 is 11.3 Å². The summed E-state index contributed by atoms with van der Waals surface area (Å²) in [5.74, 6) is -4.22. The molecule has 0 atom stereocenters. The van der Waals surface area contributed by atoms with Crippen LogP contribution in [0.15, 0.2) is 39.5 Å². The van der Waals surface area contributed by atoms with Crippen LogP contribution in [0, 0.1) is 11.6 Å². The summed E-state index contributed by atoms with van der Waals surface area (Å²) in [6.07, 6.45) is -2.97. The summed E-state index contributed by atoms with van der Waals surface area (Å²) in [4.78, 5) is 45.2. The molecule has 1 aromatic carbocycles. The first kappa shape index (κ1) is 24.2. The molecule has 4 aromatic rings. The van der Waals surface area contributed by atoms with Crippen molar-refractivity contribution in [3.8, 4) is 11.3 Å². The number of carbonyl (C=O) groups is 1. The second-order valence-corrected chi connectivity index (χ2v) is 8.30. The molecule has 0 fully saturated rings. The smallest absolute Gasteiger partial charge is 0.302 e. The predicted molar refractivity (Wildman–Crippen MR) is 117 cm³/mol. The normalized spacial score (nSPS) is 11.7. The van der Waals surface area contributed by atoms with Gasteiger partial charge in [-0.25, -0.2) is 18.6 Å². The molecule has 0 saturated carbocycles. The summed E-state index contributed by atoms with van der Waals surface area (Å²) in [6.45, 7) is 0. The van der Waals surface area contributed by atoms with Crippen molar-refractivity contribution in [3.05, 3.63) is 73.5 Å². The molecular weight excluding hydrogens is 497 g/mol. The van der Waals surface area contributed by atoms with Crippen LogP contribution in [0.1, 0.15) is 11.1 Å². The van der Waals surface area contributed by atoms with Gasteiger partial charge in [0.15, 0.2) is 5.13 Å². The van der Waals surface area contributed by atoms with Gasteiger partial charge in [-0.2, -0.15) is 13.2 Å². The highest BCUT2D eigenvalue weighted by Gasteiger charge is 2.39. The maximum absolute atomic E-state index is 14.4. The number of fused-ring (bicyclic) bond motifs is 1. The van der Waals surface area contributed by atoms with Crippen molar-refractivity contribution in [3.63, 3.8) is 0 Å². The van der Waals surface area contributed by atoms with Crippen molar-refractivity contribution < 1.29 is 26.7 Å². The molecule has 8 nitrogen and oxygen atoms in total. The topological polar surface area (TPSA) is 98.9 Å². The van der Waals surface area contributed by atoms with Crippen molar-refractivity contribution in [1.82, 2.24) is 19.1 Å². The van der Waals surface area contributed by atoms with E-state index in [1.165, 1.54) is 36.4 Å². The lowest BCUT2D eigenvalue weighted by molar-refractivity contribution is -0.142. The number of thiazole rings is 1. The monoisotopic (exact) mass is 511 g/mol. The van der Waals surface area contributed by atoms with Crippen LogP contribution in [-0.4, -0.2) is 25.0 Å². The van der Waals surface area contributed by atoms with E-state index in [0.29, 0.717) is 6.07 Å². The van der Waals surface area contributed by atoms with Gasteiger partial charge >= 0.3 is 11.9 Å². The van der Waals surface area contributed by atoms with Crippen molar-refractivity contribution in [2.45, 2.75) is 12.6 Å². The number of carbonyl (C=O) groups excluding carboxylic acids is 1. The number of halogens is 5. The van der Waals surface area contributed by atoms with E-state index in [2.05, 4.69) is 15.3 Å². The number of benzene rings is 1. The molecule has 1 N–H and O–H groups in total. The number of alkyl halides is 3. The second-order valence-electron chi connectivity index (χ2n) is 7.44. The minimum absolute atomic E-state index is 0.0595. The number of aromatic nitrogens is 4. The van der Waals surface area contributed by atoms with Gasteiger partial charge in [0.25, 0.3) is 5.56 Å². The third-order valence-corrected chi connectivity index (χ3v) is 5.97. The maximum atomic E-state index is 14.4. The number of nitrogens with one attached hydrogen (secondary N) is 1. The molecular formula is C21H14F5N5O3S. The zero-order valence-corrected chi connectivity index (χ0v) is 18.7. The van der Waals surface area contributed by atoms with Gasteiger partial charge in [-0.05, 0) is 17.7 Å². The molecule has 1 amide bonds. The Morgan fingerprint density at radius 2 is 1.83 bits per heavy atom. The molecule has 0 unspecified atom stereocenters. The van der Waals surface area contributed by atoms with Crippen LogP contribution in [0.2, 0.25) is 0 Å². The van der Waals surface area contributed by atoms with Crippen molar-refractivity contribution in [1.29, 1.82) is 0 Å². The molecule has 182 valence electrons. The number of aryl methyl sites for hydroxylation is 1. The fourth-order valence-corrected chi connectivity index (χ4v) is 4.24. The molecule has 35 heavy (non-hydrogen) atoms. The Kier molecular flexibility index (Phi) is 6.00. The summed E-state index contributed by atoms with van der Waals surface area (Å²) >= 11 is 0.812. The summed E-state index contributed by atoms with van der Waals surface area (Å²) in [7, 11) is 2.75. The minimum Gasteiger partial charge on any atom is -0.302 e. The van der Waals surface area contributed by atoms with Crippen LogP contribution < -0.4 is 16.6 Å². The first-order valence-electron chi connectivity index (χ1n) is 9.73. The third kappa shape index (κ3) is 4.32. The molecule has 0 radical (unpaired) electrons. The summed E-state index contributed by atoms with van der Waals surface area (Å²) in [6, 6.07) is 1.31. The van der Waals surface area contributed by atoms with E-state index in [4.69, 9.17) is 0 Å². The molecule has 0 spiro atoms. The minimum atomic E-state index is -5.25. The Labute approximate surface area is 196 Å². The van der Waals surface area contributed by atoms with Gasteiger partial charge in [-0.3, -0.25) is 23.7 Å². The Balaban J connectivity index is 1.62. The Hall–Kier alpha value is -3.94. The first-order chi connectivity index (χ1) is 16.4. The van der Waals surface area contributed by atoms with E-state index < -0.39 is 46.1 Å². The predicted octanol–water partition coefficient (Wildman–Crippen LogP) is 3.23. The largest absolute Gasteiger partial charge is 0.422 e. The lowest BCUT2D eigenvalue weighted by Gasteiger charge is -2.11. The molecule has 0 aliphatic heterocycles. The van der Waals surface area contributed by atoms with Gasteiger partial charge in [-0.15, -0.1) is 11.3 Å². The van der Waals surface area contributed by atoms with Gasteiger partial charge in [-0.1, -0.05) is 0 Å². The van der Waals surface area contributed by atoms with Crippen LogP contribution in [0.25, 0.3) is 22.2 Å². The SMILES string of the molecule is Cn1c(=O)c2c(CC(=O)Nc3nc(-c4ccc(F)c(C(F)(F)F)c4F)cs3)cncc2n(C)c1=O. The first-order valence-corrected chi connectivity index (χ1v) is 10.6. The Bertz CT molecular complexity index is 1610. The van der Waals surface area contributed by atoms with E-state index >= 15 is 0 Å². The standard InChI is InChI=1S/C21H14F5N5O3S/c1-30-13-7-27-6-9(15(13)18(33)31(2)20(30)34)5-14(32)29-19-28-12(8-35-19)10-3-4-11(22)16(17(10)23)21(24,25)26/h3-4,6-8H,5H2,1-2H3,(H,28,29,32). The number of nitrogens with zero attached hydrogens (tertiary/aromatic N) is 4. The van der Waals surface area contributed by atoms with Crippen LogP contribution in [-0.2, 0) is 31.5 Å². The highest BCUT2D eigenvalue weighted by molar-refractivity contribution is 7.14. The number of rotatable bonds is 4. The maximum Gasteiger partial charge on any atom is 0.422 e. The van der Waals surface area contributed by atoms with E-state index in [0.717, 1.165) is 22.0 Å². The number of pyridine rings is 1. The van der Waals surface area contributed by atoms with Crippen molar-refractivity contribution >= 4 is 33.3 Å². The average molecular weight is 511 g/mol. The zero-order valence-electron chi connectivity index (χ0n) is 17.9. The highest BCUT2D eigenvalue weighted by Crippen LogP contribution is 2.38. The van der Waals surface area contributed by atoms with E-state index in [9.17, 15) is 36.3 Å². The number of hydrogen-bond donors (Lipinski definition) is 1. The van der Waals surface area contributed by atoms with Crippen LogP contribution in [0.4, 0.5) is 27.1 Å². The molecule has 3 heterocycles. The second kappa shape index (κ2) is 8.69. The average Bonchev–Trinajstić information content (AvgIpc) is 3.23. The molecule has 0 aliphatic rings. The fraction of sp³-hybridized carbons (Fsp3) is 0.190. The molecule has 3 aromatic heterocycles. The van der Waals surface area contributed by atoms with Gasteiger partial charge in [0, 0.05) is 31.2 Å². The fourth-order valence-electron chi connectivity index (χ4n) is 3.51. The molecule has 0 saturated heterocycles. The zero-order chi connectivity index (χ0) is 25.7. The van der Waals surface area contributed by atoms with Crippen molar-refractivity contribution in [2.24, 2.45) is 14.1 Å². The van der Waals surface area contributed by atoms with Gasteiger partial charge in [0.1, 0.15) is 17.2 Å². The van der Waals surface area contributed by atoms with Gasteiger partial charge in [0.2, 0.25) is 5.91 Å². The van der Waals surface area contributed by atoms with Crippen LogP contribution in [0.5, 0.6) is 0 Å². The van der Waals surface area contributed by atoms with Crippen LogP contribution in [0.3, 0.4) is 0 Å². The van der Waals surface area contributed by atoms with Gasteiger partial charge < -0.3 is 5.32 Å². The molecule has 0 aliphatic carbocycles. The quantitative estimate of drug-likeness (QED) is 0.425. The van der Waals surface area contributed by atoms with Crippen molar-refractivity contribution in [2.75, 3.05) is 5.32 Å². The van der Waals surface area contributed by atoms with E-state index in [-0.39, 0.29) is 33.7 Å². The lowest BCUT2D eigenvalue weighted by atomic mass is 10.1. The summed E-state index contributed by atoms with van der Waals surface area (Å²) in [5, 5.41) is 3.69. The summed E-state index contributed by atoms with van der Waals surface area (Å²) in [5.41, 5.74) is -3.57. The third-order valence-electron chi connectivity index (χ3n) is 5.21. The Morgan fingerprint density at radius 1 is 1.11 bits per heavy atom. The van der Waals surface area contributed by atoms with Gasteiger partial charge in [0.05, 0.1) is 29.2 Å². The lowest BCUT2D eigenvalue weighted by Crippen LogP contribution is -2.37.